The summed E-state index contributed by atoms with van der Waals surface area (Å²) in [6, 6.07) is 8.93. The monoisotopic (exact) mass is 373 g/mol. The average molecular weight is 374 g/mol. The predicted molar refractivity (Wildman–Crippen MR) is 99.7 cm³/mol. The van der Waals surface area contributed by atoms with Crippen LogP contribution in [0.5, 0.6) is 0 Å². The third kappa shape index (κ3) is 3.67. The van der Waals surface area contributed by atoms with E-state index in [1.165, 1.54) is 0 Å². The lowest BCUT2D eigenvalue weighted by Crippen LogP contribution is -2.45. The molecule has 2 aromatic rings. The van der Waals surface area contributed by atoms with E-state index in [1.54, 1.807) is 36.7 Å². The van der Waals surface area contributed by atoms with Gasteiger partial charge in [0.2, 0.25) is 0 Å². The highest BCUT2D eigenvalue weighted by Crippen LogP contribution is 2.33. The van der Waals surface area contributed by atoms with Crippen LogP contribution >= 0.6 is 11.6 Å². The van der Waals surface area contributed by atoms with Crippen LogP contribution in [-0.4, -0.2) is 43.0 Å². The third-order valence-corrected chi connectivity index (χ3v) is 5.01. The molecule has 0 atom stereocenters. The number of aromatic nitrogens is 1. The number of hydrogen-bond donors (Lipinski definition) is 1. The maximum absolute atomic E-state index is 12.5. The van der Waals surface area contributed by atoms with Gasteiger partial charge in [-0.05, 0) is 24.3 Å². The maximum atomic E-state index is 12.5. The number of ether oxygens (including phenoxy) is 2. The molecule has 0 radical (unpaired) electrons. The van der Waals surface area contributed by atoms with E-state index in [-0.39, 0.29) is 5.91 Å². The lowest BCUT2D eigenvalue weighted by molar-refractivity contribution is -0.169. The van der Waals surface area contributed by atoms with Gasteiger partial charge in [-0.15, -0.1) is 0 Å². The Hall–Kier alpha value is -2.15. The zero-order chi connectivity index (χ0) is 18.0. The second kappa shape index (κ2) is 7.23. The van der Waals surface area contributed by atoms with Gasteiger partial charge in [0, 0.05) is 42.8 Å². The van der Waals surface area contributed by atoms with Gasteiger partial charge in [0.15, 0.2) is 5.79 Å². The van der Waals surface area contributed by atoms with Crippen molar-refractivity contribution in [1.29, 1.82) is 0 Å². The maximum Gasteiger partial charge on any atom is 0.257 e. The van der Waals surface area contributed by atoms with Crippen molar-refractivity contribution in [2.45, 2.75) is 18.6 Å². The number of carbonyl (C=O) groups is 1. The molecule has 2 aliphatic heterocycles. The van der Waals surface area contributed by atoms with Crippen LogP contribution in [-0.2, 0) is 9.47 Å². The standard InChI is InChI=1S/C19H20ClN3O3/c20-15-2-1-3-16(11-15)22-18(24)14-10-17(13-21-12-14)23-6-4-19(5-7-23)25-8-9-26-19/h1-3,10-13H,4-9H2,(H,22,24). The van der Waals surface area contributed by atoms with Crippen molar-refractivity contribution in [1.82, 2.24) is 4.98 Å². The molecule has 0 bridgehead atoms. The molecule has 0 saturated carbocycles. The zero-order valence-corrected chi connectivity index (χ0v) is 15.0. The number of amides is 1. The first-order chi connectivity index (χ1) is 12.6. The summed E-state index contributed by atoms with van der Waals surface area (Å²) < 4.78 is 11.5. The SMILES string of the molecule is O=C(Nc1cccc(Cl)c1)c1cncc(N2CCC3(CC2)OCCO3)c1. The molecule has 2 saturated heterocycles. The molecule has 1 aromatic carbocycles. The second-order valence-corrected chi connectivity index (χ2v) is 6.93. The quantitative estimate of drug-likeness (QED) is 0.894. The minimum atomic E-state index is -0.411. The Morgan fingerprint density at radius 1 is 1.15 bits per heavy atom. The van der Waals surface area contributed by atoms with Crippen LogP contribution in [0.1, 0.15) is 23.2 Å². The van der Waals surface area contributed by atoms with E-state index in [2.05, 4.69) is 15.2 Å². The molecule has 2 fully saturated rings. The topological polar surface area (TPSA) is 63.7 Å². The lowest BCUT2D eigenvalue weighted by atomic mass is 10.0. The molecular weight excluding hydrogens is 354 g/mol. The van der Waals surface area contributed by atoms with Crippen LogP contribution in [0, 0.1) is 0 Å². The van der Waals surface area contributed by atoms with Crippen LogP contribution < -0.4 is 10.2 Å². The molecule has 1 spiro atoms. The van der Waals surface area contributed by atoms with Gasteiger partial charge in [0.1, 0.15) is 0 Å². The molecule has 136 valence electrons. The Morgan fingerprint density at radius 2 is 1.92 bits per heavy atom. The first-order valence-electron chi connectivity index (χ1n) is 8.68. The minimum Gasteiger partial charge on any atom is -0.370 e. The summed E-state index contributed by atoms with van der Waals surface area (Å²) in [5, 5.41) is 3.42. The minimum absolute atomic E-state index is 0.211. The molecule has 1 N–H and O–H groups in total. The number of nitrogens with one attached hydrogen (secondary N) is 1. The van der Waals surface area contributed by atoms with Gasteiger partial charge in [-0.25, -0.2) is 0 Å². The predicted octanol–water partition coefficient (Wildman–Crippen LogP) is 3.33. The fourth-order valence-corrected chi connectivity index (χ4v) is 3.58. The number of piperidine rings is 1. The summed E-state index contributed by atoms with van der Waals surface area (Å²) in [6.07, 6.45) is 4.97. The van der Waals surface area contributed by atoms with Crippen molar-refractivity contribution < 1.29 is 14.3 Å². The lowest BCUT2D eigenvalue weighted by Gasteiger charge is -2.38. The van der Waals surface area contributed by atoms with Gasteiger partial charge in [-0.2, -0.15) is 0 Å². The Labute approximate surface area is 157 Å². The summed E-state index contributed by atoms with van der Waals surface area (Å²) in [7, 11) is 0. The van der Waals surface area contributed by atoms with E-state index >= 15 is 0 Å². The highest BCUT2D eigenvalue weighted by Gasteiger charge is 2.39. The van der Waals surface area contributed by atoms with Crippen molar-refractivity contribution in [3.05, 3.63) is 53.3 Å². The van der Waals surface area contributed by atoms with Gasteiger partial charge >= 0.3 is 0 Å². The van der Waals surface area contributed by atoms with Crippen molar-refractivity contribution in [2.75, 3.05) is 36.5 Å². The van der Waals surface area contributed by atoms with Crippen molar-refractivity contribution in [3.63, 3.8) is 0 Å². The zero-order valence-electron chi connectivity index (χ0n) is 14.3. The molecule has 4 rings (SSSR count). The average Bonchev–Trinajstić information content (AvgIpc) is 3.10. The highest BCUT2D eigenvalue weighted by molar-refractivity contribution is 6.30. The van der Waals surface area contributed by atoms with Crippen LogP contribution in [0.15, 0.2) is 42.7 Å². The van der Waals surface area contributed by atoms with Gasteiger partial charge in [0.25, 0.3) is 5.91 Å². The molecular formula is C19H20ClN3O3. The highest BCUT2D eigenvalue weighted by atomic mass is 35.5. The van der Waals surface area contributed by atoms with Crippen LogP contribution in [0.3, 0.4) is 0 Å². The summed E-state index contributed by atoms with van der Waals surface area (Å²) in [5.41, 5.74) is 2.09. The Bertz CT molecular complexity index is 798. The number of rotatable bonds is 3. The van der Waals surface area contributed by atoms with Crippen molar-refractivity contribution >= 4 is 28.9 Å². The number of benzene rings is 1. The number of pyridine rings is 1. The Kier molecular flexibility index (Phi) is 4.80. The molecule has 0 aliphatic carbocycles. The number of anilines is 2. The second-order valence-electron chi connectivity index (χ2n) is 6.49. The first-order valence-corrected chi connectivity index (χ1v) is 9.06. The summed E-state index contributed by atoms with van der Waals surface area (Å²) in [5.74, 6) is -0.622. The normalized spacial score (nSPS) is 18.9. The van der Waals surface area contributed by atoms with E-state index in [4.69, 9.17) is 21.1 Å². The van der Waals surface area contributed by atoms with Gasteiger partial charge in [-0.1, -0.05) is 17.7 Å². The van der Waals surface area contributed by atoms with E-state index in [0.29, 0.717) is 29.5 Å². The molecule has 1 amide bonds. The molecule has 26 heavy (non-hydrogen) atoms. The number of halogens is 1. The molecule has 6 nitrogen and oxygen atoms in total. The summed E-state index contributed by atoms with van der Waals surface area (Å²) in [6.45, 7) is 2.95. The van der Waals surface area contributed by atoms with Crippen LogP contribution in [0.25, 0.3) is 0 Å². The van der Waals surface area contributed by atoms with E-state index < -0.39 is 5.79 Å². The van der Waals surface area contributed by atoms with E-state index in [1.807, 2.05) is 6.07 Å². The van der Waals surface area contributed by atoms with Gasteiger partial charge in [0.05, 0.1) is 30.7 Å². The fraction of sp³-hybridized carbons (Fsp3) is 0.368. The summed E-state index contributed by atoms with van der Waals surface area (Å²) in [4.78, 5) is 19.0. The smallest absolute Gasteiger partial charge is 0.257 e. The van der Waals surface area contributed by atoms with Gasteiger partial charge in [-0.3, -0.25) is 9.78 Å². The molecule has 0 unspecified atom stereocenters. The summed E-state index contributed by atoms with van der Waals surface area (Å²) >= 11 is 5.96. The largest absolute Gasteiger partial charge is 0.370 e. The Balaban J connectivity index is 1.44. The van der Waals surface area contributed by atoms with Crippen molar-refractivity contribution in [3.8, 4) is 0 Å². The van der Waals surface area contributed by atoms with Crippen molar-refractivity contribution in [2.24, 2.45) is 0 Å². The third-order valence-electron chi connectivity index (χ3n) is 4.77. The van der Waals surface area contributed by atoms with Gasteiger partial charge < -0.3 is 19.7 Å². The van der Waals surface area contributed by atoms with Crippen LogP contribution in [0.2, 0.25) is 5.02 Å². The van der Waals surface area contributed by atoms with E-state index in [0.717, 1.165) is 31.6 Å². The first kappa shape index (κ1) is 17.3. The number of carbonyl (C=O) groups excluding carboxylic acids is 1. The molecule has 1 aromatic heterocycles. The Morgan fingerprint density at radius 3 is 2.65 bits per heavy atom. The number of hydrogen-bond acceptors (Lipinski definition) is 5. The fourth-order valence-electron chi connectivity index (χ4n) is 3.39. The van der Waals surface area contributed by atoms with Crippen LogP contribution in [0.4, 0.5) is 11.4 Å². The molecule has 3 heterocycles. The molecule has 2 aliphatic rings. The molecule has 7 heteroatoms. The number of nitrogens with zero attached hydrogens (tertiary/aromatic N) is 2. The van der Waals surface area contributed by atoms with E-state index in [9.17, 15) is 4.79 Å².